The van der Waals surface area contributed by atoms with Crippen LogP contribution in [-0.4, -0.2) is 17.4 Å². The summed E-state index contributed by atoms with van der Waals surface area (Å²) in [5.74, 6) is 0.0428. The van der Waals surface area contributed by atoms with E-state index < -0.39 is 5.54 Å². The molecule has 1 aliphatic rings. The Morgan fingerprint density at radius 1 is 1.62 bits per heavy atom. The highest BCUT2D eigenvalue weighted by molar-refractivity contribution is 5.90. The molecular weight excluding hydrogens is 166 g/mol. The second-order valence-electron chi connectivity index (χ2n) is 3.64. The topological polar surface area (TPSA) is 46.5 Å². The van der Waals surface area contributed by atoms with E-state index in [2.05, 4.69) is 4.99 Å². The third-order valence-electron chi connectivity index (χ3n) is 2.26. The van der Waals surface area contributed by atoms with Gasteiger partial charge in [0.05, 0.1) is 5.54 Å². The summed E-state index contributed by atoms with van der Waals surface area (Å²) < 4.78 is 0. The molecule has 0 bridgehead atoms. The van der Waals surface area contributed by atoms with Crippen molar-refractivity contribution in [2.75, 3.05) is 0 Å². The van der Waals surface area contributed by atoms with Gasteiger partial charge in [-0.15, -0.1) is 0 Å². The maximum atomic E-state index is 11.2. The van der Waals surface area contributed by atoms with Gasteiger partial charge in [0.25, 0.3) is 0 Å². The number of aliphatic imine (C=N–C) groups is 1. The number of carbonyl (C=O) groups excluding carboxylic acids is 2. The Morgan fingerprint density at radius 2 is 2.38 bits per heavy atom. The van der Waals surface area contributed by atoms with Gasteiger partial charge in [-0.05, 0) is 32.3 Å². The van der Waals surface area contributed by atoms with E-state index >= 15 is 0 Å². The molecule has 1 atom stereocenters. The van der Waals surface area contributed by atoms with E-state index in [1.807, 2.05) is 13.0 Å². The molecule has 0 spiro atoms. The molecule has 0 aromatic heterocycles. The monoisotopic (exact) mass is 179 g/mol. The number of hydrogen-bond acceptors (Lipinski definition) is 3. The molecule has 0 fully saturated rings. The van der Waals surface area contributed by atoms with Crippen molar-refractivity contribution in [2.45, 2.75) is 38.1 Å². The number of isocyanates is 1. The molecule has 0 unspecified atom stereocenters. The van der Waals surface area contributed by atoms with Gasteiger partial charge in [-0.2, -0.15) is 4.99 Å². The zero-order valence-corrected chi connectivity index (χ0v) is 7.75. The lowest BCUT2D eigenvalue weighted by atomic mass is 9.88. The Balaban J connectivity index is 2.80. The number of ketones is 1. The maximum Gasteiger partial charge on any atom is 0.235 e. The van der Waals surface area contributed by atoms with Crippen LogP contribution in [0.5, 0.6) is 0 Å². The molecule has 0 saturated heterocycles. The molecular formula is C10H13NO2. The number of rotatable bonds is 1. The highest BCUT2D eigenvalue weighted by Crippen LogP contribution is 2.24. The fourth-order valence-corrected chi connectivity index (χ4v) is 1.54. The number of carbonyl (C=O) groups is 1. The molecule has 70 valence electrons. The lowest BCUT2D eigenvalue weighted by molar-refractivity contribution is -0.115. The molecule has 0 saturated carbocycles. The molecule has 0 aromatic rings. The maximum absolute atomic E-state index is 11.2. The van der Waals surface area contributed by atoms with Crippen LogP contribution < -0.4 is 0 Å². The average Bonchev–Trinajstić information content (AvgIpc) is 2.01. The largest absolute Gasteiger partial charge is 0.295 e. The van der Waals surface area contributed by atoms with E-state index in [4.69, 9.17) is 0 Å². The van der Waals surface area contributed by atoms with Crippen LogP contribution in [0.1, 0.15) is 32.6 Å². The normalized spacial score (nSPS) is 31.3. The smallest absolute Gasteiger partial charge is 0.235 e. The van der Waals surface area contributed by atoms with Crippen molar-refractivity contribution in [3.63, 3.8) is 0 Å². The van der Waals surface area contributed by atoms with Crippen LogP contribution in [0, 0.1) is 0 Å². The summed E-state index contributed by atoms with van der Waals surface area (Å²) in [6.45, 7) is 1.83. The Labute approximate surface area is 77.5 Å². The number of allylic oxidation sites excluding steroid dienone is 2. The molecule has 0 aliphatic heterocycles. The van der Waals surface area contributed by atoms with Crippen LogP contribution in [0.3, 0.4) is 0 Å². The Bertz CT molecular complexity index is 277. The summed E-state index contributed by atoms with van der Waals surface area (Å²) in [4.78, 5) is 25.1. The van der Waals surface area contributed by atoms with Crippen LogP contribution >= 0.6 is 0 Å². The van der Waals surface area contributed by atoms with Crippen molar-refractivity contribution in [3.8, 4) is 0 Å². The SMILES string of the molecule is C[C@@]1(N=C=O)CCC/C=C\C(=O)C1. The molecule has 0 aromatic carbocycles. The van der Waals surface area contributed by atoms with E-state index in [1.54, 1.807) is 12.2 Å². The third kappa shape index (κ3) is 2.96. The first-order chi connectivity index (χ1) is 6.16. The minimum absolute atomic E-state index is 0.0428. The second kappa shape index (κ2) is 4.15. The van der Waals surface area contributed by atoms with Gasteiger partial charge >= 0.3 is 0 Å². The Morgan fingerprint density at radius 3 is 3.08 bits per heavy atom. The molecule has 0 radical (unpaired) electrons. The quantitative estimate of drug-likeness (QED) is 0.455. The first-order valence-electron chi connectivity index (χ1n) is 4.45. The number of hydrogen-bond donors (Lipinski definition) is 0. The van der Waals surface area contributed by atoms with Crippen molar-refractivity contribution < 1.29 is 9.59 Å². The van der Waals surface area contributed by atoms with E-state index in [-0.39, 0.29) is 5.78 Å². The second-order valence-corrected chi connectivity index (χ2v) is 3.64. The fraction of sp³-hybridized carbons (Fsp3) is 0.600. The summed E-state index contributed by atoms with van der Waals surface area (Å²) in [6, 6.07) is 0. The minimum Gasteiger partial charge on any atom is -0.295 e. The highest BCUT2D eigenvalue weighted by Gasteiger charge is 2.26. The minimum atomic E-state index is -0.524. The molecule has 0 heterocycles. The van der Waals surface area contributed by atoms with Crippen LogP contribution in [0.2, 0.25) is 0 Å². The van der Waals surface area contributed by atoms with Crippen molar-refractivity contribution in [1.82, 2.24) is 0 Å². The summed E-state index contributed by atoms with van der Waals surface area (Å²) >= 11 is 0. The van der Waals surface area contributed by atoms with E-state index in [9.17, 15) is 9.59 Å². The standard InChI is InChI=1S/C10H13NO2/c1-10(11-8-12)6-4-2-3-5-9(13)7-10/h3,5H,2,4,6-7H2,1H3/b5-3-/t10-/m1/s1. The molecule has 3 heteroatoms. The molecule has 1 rings (SSSR count). The predicted octanol–water partition coefficient (Wildman–Crippen LogP) is 1.78. The Kier molecular flexibility index (Phi) is 3.15. The van der Waals surface area contributed by atoms with Crippen LogP contribution in [0.15, 0.2) is 17.1 Å². The van der Waals surface area contributed by atoms with Crippen LogP contribution in [0.25, 0.3) is 0 Å². The van der Waals surface area contributed by atoms with Crippen LogP contribution in [0.4, 0.5) is 0 Å². The first kappa shape index (κ1) is 9.87. The van der Waals surface area contributed by atoms with E-state index in [1.165, 1.54) is 0 Å². The van der Waals surface area contributed by atoms with Gasteiger partial charge in [0.15, 0.2) is 5.78 Å². The van der Waals surface area contributed by atoms with Gasteiger partial charge in [0.2, 0.25) is 6.08 Å². The van der Waals surface area contributed by atoms with Gasteiger partial charge in [-0.1, -0.05) is 6.08 Å². The zero-order valence-electron chi connectivity index (χ0n) is 7.75. The van der Waals surface area contributed by atoms with Crippen molar-refractivity contribution in [1.29, 1.82) is 0 Å². The Hall–Kier alpha value is -1.21. The molecule has 0 amide bonds. The van der Waals surface area contributed by atoms with Gasteiger partial charge in [-0.3, -0.25) is 4.79 Å². The van der Waals surface area contributed by atoms with Crippen molar-refractivity contribution in [3.05, 3.63) is 12.2 Å². The van der Waals surface area contributed by atoms with E-state index in [0.717, 1.165) is 19.3 Å². The van der Waals surface area contributed by atoms with Crippen LogP contribution in [-0.2, 0) is 9.59 Å². The first-order valence-corrected chi connectivity index (χ1v) is 4.45. The average molecular weight is 179 g/mol. The van der Waals surface area contributed by atoms with Crippen molar-refractivity contribution >= 4 is 11.9 Å². The zero-order chi connectivity index (χ0) is 9.73. The summed E-state index contributed by atoms with van der Waals surface area (Å²) in [5, 5.41) is 0. The molecule has 1 aliphatic carbocycles. The van der Waals surface area contributed by atoms with Gasteiger partial charge in [-0.25, -0.2) is 4.79 Å². The lowest BCUT2D eigenvalue weighted by Gasteiger charge is -2.22. The summed E-state index contributed by atoms with van der Waals surface area (Å²) in [6.07, 6.45) is 7.95. The fourth-order valence-electron chi connectivity index (χ4n) is 1.54. The summed E-state index contributed by atoms with van der Waals surface area (Å²) in [5.41, 5.74) is -0.524. The van der Waals surface area contributed by atoms with Gasteiger partial charge in [0.1, 0.15) is 0 Å². The summed E-state index contributed by atoms with van der Waals surface area (Å²) in [7, 11) is 0. The molecule has 3 nitrogen and oxygen atoms in total. The third-order valence-corrected chi connectivity index (χ3v) is 2.26. The molecule has 0 N–H and O–H groups in total. The molecule has 13 heavy (non-hydrogen) atoms. The van der Waals surface area contributed by atoms with Gasteiger partial charge < -0.3 is 0 Å². The number of nitrogens with zero attached hydrogens (tertiary/aromatic N) is 1. The van der Waals surface area contributed by atoms with Gasteiger partial charge in [0, 0.05) is 6.42 Å². The van der Waals surface area contributed by atoms with E-state index in [0.29, 0.717) is 6.42 Å². The van der Waals surface area contributed by atoms with Crippen molar-refractivity contribution in [2.24, 2.45) is 4.99 Å². The highest BCUT2D eigenvalue weighted by atomic mass is 16.1. The predicted molar refractivity (Wildman–Crippen MR) is 49.1 cm³/mol. The lowest BCUT2D eigenvalue weighted by Crippen LogP contribution is -2.26.